The summed E-state index contributed by atoms with van der Waals surface area (Å²) in [6, 6.07) is 0. The average molecular weight is 278 g/mol. The first-order valence-electron chi connectivity index (χ1n) is 6.08. The molecule has 106 valence electrons. The lowest BCUT2D eigenvalue weighted by Crippen LogP contribution is -2.11. The van der Waals surface area contributed by atoms with E-state index < -0.39 is 16.1 Å². The predicted octanol–water partition coefficient (Wildman–Crippen LogP) is 2.03. The Morgan fingerprint density at radius 3 is 2.39 bits per heavy atom. The summed E-state index contributed by atoms with van der Waals surface area (Å²) in [6.45, 7) is 7.42. The van der Waals surface area contributed by atoms with Crippen molar-refractivity contribution >= 4 is 16.1 Å². The van der Waals surface area contributed by atoms with E-state index in [1.165, 1.54) is 0 Å². The molecule has 0 aromatic heterocycles. The lowest BCUT2D eigenvalue weighted by molar-refractivity contribution is -0.139. The third kappa shape index (κ3) is 9.18. The Morgan fingerprint density at radius 2 is 1.83 bits per heavy atom. The van der Waals surface area contributed by atoms with Gasteiger partial charge in [-0.15, -0.1) is 0 Å². The zero-order valence-electron chi connectivity index (χ0n) is 11.1. The van der Waals surface area contributed by atoms with Crippen LogP contribution >= 0.6 is 0 Å². The van der Waals surface area contributed by atoms with Crippen molar-refractivity contribution in [2.75, 3.05) is 19.0 Å². The Morgan fingerprint density at radius 1 is 1.17 bits per heavy atom. The summed E-state index contributed by atoms with van der Waals surface area (Å²) in [6.07, 6.45) is 2.51. The number of carbonyl (C=O) groups excluding carboxylic acids is 1. The molecule has 0 aliphatic carbocycles. The zero-order valence-corrected chi connectivity index (χ0v) is 11.9. The van der Waals surface area contributed by atoms with Crippen LogP contribution in [-0.4, -0.2) is 33.4 Å². The van der Waals surface area contributed by atoms with E-state index in [-0.39, 0.29) is 12.4 Å². The number of hydrogen-bond acceptors (Lipinski definition) is 5. The van der Waals surface area contributed by atoms with Gasteiger partial charge in [0.2, 0.25) is 0 Å². The fourth-order valence-electron chi connectivity index (χ4n) is 1.11. The summed E-state index contributed by atoms with van der Waals surface area (Å²) >= 11 is 0. The van der Waals surface area contributed by atoms with Crippen molar-refractivity contribution in [3.63, 3.8) is 0 Å². The largest absolute Gasteiger partial charge is 0.462 e. The van der Waals surface area contributed by atoms with E-state index in [0.717, 1.165) is 0 Å². The van der Waals surface area contributed by atoms with Crippen molar-refractivity contribution in [1.29, 1.82) is 0 Å². The Kier molecular flexibility index (Phi) is 8.66. The monoisotopic (exact) mass is 278 g/mol. The molecule has 0 unspecified atom stereocenters. The van der Waals surface area contributed by atoms with Crippen LogP contribution in [0.3, 0.4) is 0 Å². The van der Waals surface area contributed by atoms with Gasteiger partial charge in [0, 0.05) is 5.57 Å². The summed E-state index contributed by atoms with van der Waals surface area (Å²) in [4.78, 5) is 11.0. The van der Waals surface area contributed by atoms with Gasteiger partial charge in [0.1, 0.15) is 0 Å². The molecule has 0 saturated carbocycles. The van der Waals surface area contributed by atoms with Gasteiger partial charge in [0.15, 0.2) is 0 Å². The van der Waals surface area contributed by atoms with Crippen molar-refractivity contribution in [3.8, 4) is 0 Å². The Balaban J connectivity index is 3.57. The lowest BCUT2D eigenvalue weighted by atomic mass is 10.3. The first-order chi connectivity index (χ1) is 8.39. The van der Waals surface area contributed by atoms with Crippen LogP contribution in [0.5, 0.6) is 0 Å². The highest BCUT2D eigenvalue weighted by Crippen LogP contribution is 2.03. The normalized spacial score (nSPS) is 11.2. The molecule has 0 heterocycles. The van der Waals surface area contributed by atoms with Gasteiger partial charge in [-0.1, -0.05) is 13.5 Å². The molecule has 18 heavy (non-hydrogen) atoms. The van der Waals surface area contributed by atoms with Gasteiger partial charge in [-0.25, -0.2) is 4.79 Å². The Hall–Kier alpha value is -0.880. The van der Waals surface area contributed by atoms with E-state index in [4.69, 9.17) is 8.92 Å². The van der Waals surface area contributed by atoms with Gasteiger partial charge in [0.25, 0.3) is 10.1 Å². The second-order valence-electron chi connectivity index (χ2n) is 4.06. The number of unbranched alkanes of at least 4 members (excludes halogenated alkanes) is 2. The molecule has 0 atom stereocenters. The fourth-order valence-corrected chi connectivity index (χ4v) is 2.21. The minimum atomic E-state index is -3.38. The molecule has 0 aromatic rings. The van der Waals surface area contributed by atoms with Crippen molar-refractivity contribution in [2.24, 2.45) is 0 Å². The molecule has 6 heteroatoms. The molecule has 0 amide bonds. The fraction of sp³-hybridized carbons (Fsp3) is 0.750. The molecule has 0 aromatic carbocycles. The van der Waals surface area contributed by atoms with Crippen LogP contribution in [0.1, 0.15) is 39.5 Å². The molecule has 5 nitrogen and oxygen atoms in total. The van der Waals surface area contributed by atoms with E-state index in [0.29, 0.717) is 37.9 Å². The molecule has 0 N–H and O–H groups in total. The minimum absolute atomic E-state index is 0.0153. The highest BCUT2D eigenvalue weighted by atomic mass is 32.2. The number of rotatable bonds is 10. The van der Waals surface area contributed by atoms with E-state index in [2.05, 4.69) is 6.58 Å². The molecule has 0 aliphatic heterocycles. The third-order valence-corrected chi connectivity index (χ3v) is 3.40. The minimum Gasteiger partial charge on any atom is -0.462 e. The number of hydrogen-bond donors (Lipinski definition) is 0. The zero-order chi connectivity index (χ0) is 14.0. The Labute approximate surface area is 109 Å². The quantitative estimate of drug-likeness (QED) is 0.265. The van der Waals surface area contributed by atoms with Crippen LogP contribution < -0.4 is 0 Å². The summed E-state index contributed by atoms with van der Waals surface area (Å²) in [5, 5.41) is 0. The van der Waals surface area contributed by atoms with E-state index in [9.17, 15) is 13.2 Å². The number of ether oxygens (including phenoxy) is 1. The average Bonchev–Trinajstić information content (AvgIpc) is 2.30. The maximum Gasteiger partial charge on any atom is 0.333 e. The summed E-state index contributed by atoms with van der Waals surface area (Å²) in [5.74, 6) is -0.393. The van der Waals surface area contributed by atoms with Gasteiger partial charge in [0.05, 0.1) is 19.0 Å². The Bertz CT molecular complexity index is 359. The van der Waals surface area contributed by atoms with E-state index in [1.807, 2.05) is 6.92 Å². The van der Waals surface area contributed by atoms with Crippen LogP contribution in [0, 0.1) is 0 Å². The van der Waals surface area contributed by atoms with E-state index in [1.54, 1.807) is 6.92 Å². The van der Waals surface area contributed by atoms with Gasteiger partial charge in [-0.05, 0) is 32.6 Å². The molecule has 0 aliphatic rings. The highest BCUT2D eigenvalue weighted by Gasteiger charge is 2.10. The maximum absolute atomic E-state index is 11.3. The van der Waals surface area contributed by atoms with Crippen LogP contribution in [0.25, 0.3) is 0 Å². The predicted molar refractivity (Wildman–Crippen MR) is 69.7 cm³/mol. The van der Waals surface area contributed by atoms with Crippen LogP contribution in [0.2, 0.25) is 0 Å². The standard InChI is InChI=1S/C12H22O5S/c1-4-8-17-18(14,15)10-7-5-6-9-16-12(13)11(2)3/h2,4-10H2,1,3H3. The topological polar surface area (TPSA) is 69.7 Å². The molecule has 0 fully saturated rings. The van der Waals surface area contributed by atoms with Crippen molar-refractivity contribution in [2.45, 2.75) is 39.5 Å². The number of esters is 1. The van der Waals surface area contributed by atoms with Gasteiger partial charge in [-0.2, -0.15) is 8.42 Å². The molecular formula is C12H22O5S. The molecule has 0 saturated heterocycles. The summed E-state index contributed by atoms with van der Waals surface area (Å²) < 4.78 is 32.2. The van der Waals surface area contributed by atoms with Crippen LogP contribution in [-0.2, 0) is 23.8 Å². The maximum atomic E-state index is 11.3. The van der Waals surface area contributed by atoms with Crippen LogP contribution in [0.15, 0.2) is 12.2 Å². The molecule has 0 radical (unpaired) electrons. The number of carbonyl (C=O) groups is 1. The van der Waals surface area contributed by atoms with Crippen molar-refractivity contribution in [1.82, 2.24) is 0 Å². The SMILES string of the molecule is C=C(C)C(=O)OCCCCCS(=O)(=O)OCCC. The van der Waals surface area contributed by atoms with Crippen molar-refractivity contribution in [3.05, 3.63) is 12.2 Å². The first kappa shape index (κ1) is 17.1. The second kappa shape index (κ2) is 9.10. The molecule has 0 bridgehead atoms. The second-order valence-corrected chi connectivity index (χ2v) is 5.82. The van der Waals surface area contributed by atoms with E-state index >= 15 is 0 Å². The molecule has 0 spiro atoms. The van der Waals surface area contributed by atoms with Gasteiger partial charge in [-0.3, -0.25) is 4.18 Å². The lowest BCUT2D eigenvalue weighted by Gasteiger charge is -2.05. The first-order valence-corrected chi connectivity index (χ1v) is 7.66. The van der Waals surface area contributed by atoms with Crippen molar-refractivity contribution < 1.29 is 22.1 Å². The summed E-state index contributed by atoms with van der Waals surface area (Å²) in [7, 11) is -3.38. The highest BCUT2D eigenvalue weighted by molar-refractivity contribution is 7.86. The summed E-state index contributed by atoms with van der Waals surface area (Å²) in [5.41, 5.74) is 0.366. The smallest absolute Gasteiger partial charge is 0.333 e. The van der Waals surface area contributed by atoms with Gasteiger partial charge >= 0.3 is 5.97 Å². The molecule has 0 rings (SSSR count). The molecular weight excluding hydrogens is 256 g/mol. The van der Waals surface area contributed by atoms with Gasteiger partial charge < -0.3 is 4.74 Å². The third-order valence-electron chi connectivity index (χ3n) is 2.09. The van der Waals surface area contributed by atoms with Crippen LogP contribution in [0.4, 0.5) is 0 Å².